The Morgan fingerprint density at radius 1 is 1.12 bits per heavy atom. The van der Waals surface area contributed by atoms with Crippen molar-refractivity contribution in [3.05, 3.63) is 12.4 Å². The molecule has 24 heavy (non-hydrogen) atoms. The fourth-order valence-corrected chi connectivity index (χ4v) is 4.60. The first-order valence-corrected chi connectivity index (χ1v) is 9.15. The highest BCUT2D eigenvalue weighted by Gasteiger charge is 2.41. The van der Waals surface area contributed by atoms with Gasteiger partial charge in [0.15, 0.2) is 0 Å². The molecule has 3 unspecified atom stereocenters. The van der Waals surface area contributed by atoms with Crippen LogP contribution in [-0.4, -0.2) is 61.0 Å². The summed E-state index contributed by atoms with van der Waals surface area (Å²) in [5, 5.41) is 0. The van der Waals surface area contributed by atoms with E-state index in [-0.39, 0.29) is 5.92 Å². The molecule has 2 saturated heterocycles. The van der Waals surface area contributed by atoms with Crippen molar-refractivity contribution < 1.29 is 4.79 Å². The fraction of sp³-hybridized carbons (Fsp3) is 0.722. The molecule has 0 aromatic carbocycles. The Kier molecular flexibility index (Phi) is 4.06. The van der Waals surface area contributed by atoms with Gasteiger partial charge in [0.1, 0.15) is 18.0 Å². The molecule has 0 N–H and O–H groups in total. The lowest BCUT2D eigenvalue weighted by molar-refractivity contribution is -0.134. The van der Waals surface area contributed by atoms with E-state index < -0.39 is 0 Å². The molecule has 0 bridgehead atoms. The van der Waals surface area contributed by atoms with E-state index in [4.69, 9.17) is 0 Å². The second kappa shape index (κ2) is 6.22. The number of carbonyl (C=O) groups excluding carboxylic acids is 1. The zero-order chi connectivity index (χ0) is 16.7. The molecule has 0 radical (unpaired) electrons. The molecule has 1 saturated carbocycles. The van der Waals surface area contributed by atoms with E-state index in [0.717, 1.165) is 56.1 Å². The molecule has 3 heterocycles. The maximum Gasteiger partial charge on any atom is 0.227 e. The third-order valence-corrected chi connectivity index (χ3v) is 6.00. The summed E-state index contributed by atoms with van der Waals surface area (Å²) in [6.45, 7) is 3.69. The van der Waals surface area contributed by atoms with Gasteiger partial charge in [-0.15, -0.1) is 0 Å². The van der Waals surface area contributed by atoms with E-state index >= 15 is 0 Å². The number of nitrogens with zero attached hydrogens (tertiary/aromatic N) is 5. The third kappa shape index (κ3) is 2.82. The zero-order valence-corrected chi connectivity index (χ0v) is 14.7. The molecule has 130 valence electrons. The highest BCUT2D eigenvalue weighted by Crippen LogP contribution is 2.38. The van der Waals surface area contributed by atoms with Crippen molar-refractivity contribution in [3.8, 4) is 0 Å². The lowest BCUT2D eigenvalue weighted by Gasteiger charge is -2.22. The van der Waals surface area contributed by atoms with Crippen LogP contribution in [-0.2, 0) is 4.79 Å². The summed E-state index contributed by atoms with van der Waals surface area (Å²) in [5.74, 6) is 3.88. The maximum atomic E-state index is 12.9. The minimum absolute atomic E-state index is 0.126. The SMILES string of the molecule is CN(C)c1cc(N2CCC(C(=O)N3CC4CCCC4C3)C2)ncn1. The molecular weight excluding hydrogens is 302 g/mol. The highest BCUT2D eigenvalue weighted by molar-refractivity contribution is 5.80. The summed E-state index contributed by atoms with van der Waals surface area (Å²) in [5.41, 5.74) is 0. The Labute approximate surface area is 143 Å². The van der Waals surface area contributed by atoms with E-state index in [9.17, 15) is 4.79 Å². The summed E-state index contributed by atoms with van der Waals surface area (Å²) in [7, 11) is 3.96. The minimum Gasteiger partial charge on any atom is -0.363 e. The van der Waals surface area contributed by atoms with Gasteiger partial charge in [0, 0.05) is 46.3 Å². The van der Waals surface area contributed by atoms with Crippen LogP contribution in [0.15, 0.2) is 12.4 Å². The first-order valence-electron chi connectivity index (χ1n) is 9.15. The average Bonchev–Trinajstić information content (AvgIpc) is 3.29. The molecular formula is C18H27N5O. The van der Waals surface area contributed by atoms with Crippen molar-refractivity contribution in [3.63, 3.8) is 0 Å². The molecule has 6 heteroatoms. The second-order valence-electron chi connectivity index (χ2n) is 7.75. The van der Waals surface area contributed by atoms with Crippen LogP contribution in [0.25, 0.3) is 0 Å². The van der Waals surface area contributed by atoms with Gasteiger partial charge in [0.2, 0.25) is 5.91 Å². The zero-order valence-electron chi connectivity index (χ0n) is 14.7. The van der Waals surface area contributed by atoms with Crippen LogP contribution in [0.4, 0.5) is 11.6 Å². The monoisotopic (exact) mass is 329 g/mol. The predicted molar refractivity (Wildman–Crippen MR) is 94.1 cm³/mol. The smallest absolute Gasteiger partial charge is 0.227 e. The lowest BCUT2D eigenvalue weighted by atomic mass is 10.0. The molecule has 3 atom stereocenters. The summed E-state index contributed by atoms with van der Waals surface area (Å²) < 4.78 is 0. The van der Waals surface area contributed by atoms with Gasteiger partial charge in [-0.25, -0.2) is 9.97 Å². The first-order chi connectivity index (χ1) is 11.6. The van der Waals surface area contributed by atoms with Gasteiger partial charge in [-0.1, -0.05) is 6.42 Å². The summed E-state index contributed by atoms with van der Waals surface area (Å²) in [6, 6.07) is 2.01. The van der Waals surface area contributed by atoms with Crippen LogP contribution in [0.2, 0.25) is 0 Å². The van der Waals surface area contributed by atoms with Crippen LogP contribution in [0.5, 0.6) is 0 Å². The quantitative estimate of drug-likeness (QED) is 0.844. The highest BCUT2D eigenvalue weighted by atomic mass is 16.2. The van der Waals surface area contributed by atoms with E-state index in [1.54, 1.807) is 6.33 Å². The molecule has 6 nitrogen and oxygen atoms in total. The van der Waals surface area contributed by atoms with Gasteiger partial charge in [-0.2, -0.15) is 0 Å². The number of aromatic nitrogens is 2. The Bertz CT molecular complexity index is 607. The van der Waals surface area contributed by atoms with E-state index in [0.29, 0.717) is 5.91 Å². The number of carbonyl (C=O) groups is 1. The van der Waals surface area contributed by atoms with Crippen LogP contribution in [0.1, 0.15) is 25.7 Å². The molecule has 3 fully saturated rings. The summed E-state index contributed by atoms with van der Waals surface area (Å²) in [4.78, 5) is 27.9. The number of amides is 1. The van der Waals surface area contributed by atoms with Gasteiger partial charge in [-0.05, 0) is 31.1 Å². The van der Waals surface area contributed by atoms with Crippen LogP contribution in [0, 0.1) is 17.8 Å². The van der Waals surface area contributed by atoms with Crippen molar-refractivity contribution in [2.24, 2.45) is 17.8 Å². The topological polar surface area (TPSA) is 52.6 Å². The predicted octanol–water partition coefficient (Wildman–Crippen LogP) is 1.63. The Morgan fingerprint density at radius 3 is 2.58 bits per heavy atom. The molecule has 0 spiro atoms. The number of hydrogen-bond donors (Lipinski definition) is 0. The Hall–Kier alpha value is -1.85. The molecule has 1 aromatic rings. The normalized spacial score (nSPS) is 29.2. The Morgan fingerprint density at radius 2 is 1.88 bits per heavy atom. The molecule has 1 aromatic heterocycles. The molecule has 1 amide bonds. The van der Waals surface area contributed by atoms with E-state index in [1.165, 1.54) is 19.3 Å². The van der Waals surface area contributed by atoms with Crippen LogP contribution in [0.3, 0.4) is 0 Å². The maximum absolute atomic E-state index is 12.9. The summed E-state index contributed by atoms with van der Waals surface area (Å²) in [6.07, 6.45) is 6.54. The Balaban J connectivity index is 1.39. The molecule has 2 aliphatic heterocycles. The standard InChI is InChI=1S/C18H27N5O/c1-21(2)16-8-17(20-12-19-16)22-7-6-15(11-22)18(24)23-9-13-4-3-5-14(13)10-23/h8,12-15H,3-7,9-11H2,1-2H3. The second-order valence-corrected chi connectivity index (χ2v) is 7.75. The largest absolute Gasteiger partial charge is 0.363 e. The minimum atomic E-state index is 0.126. The van der Waals surface area contributed by atoms with Crippen molar-refractivity contribution in [2.45, 2.75) is 25.7 Å². The van der Waals surface area contributed by atoms with E-state index in [2.05, 4.69) is 19.8 Å². The lowest BCUT2D eigenvalue weighted by Crippen LogP contribution is -2.36. The van der Waals surface area contributed by atoms with E-state index in [1.807, 2.05) is 25.1 Å². The molecule has 4 rings (SSSR count). The van der Waals surface area contributed by atoms with Crippen molar-refractivity contribution in [1.82, 2.24) is 14.9 Å². The van der Waals surface area contributed by atoms with Gasteiger partial charge in [0.25, 0.3) is 0 Å². The molecule has 3 aliphatic rings. The number of hydrogen-bond acceptors (Lipinski definition) is 5. The van der Waals surface area contributed by atoms with Crippen molar-refractivity contribution >= 4 is 17.5 Å². The molecule has 1 aliphatic carbocycles. The van der Waals surface area contributed by atoms with Gasteiger partial charge in [0.05, 0.1) is 5.92 Å². The third-order valence-electron chi connectivity index (χ3n) is 6.00. The number of likely N-dealkylation sites (tertiary alicyclic amines) is 1. The van der Waals surface area contributed by atoms with Gasteiger partial charge < -0.3 is 14.7 Å². The van der Waals surface area contributed by atoms with Crippen molar-refractivity contribution in [2.75, 3.05) is 50.1 Å². The average molecular weight is 329 g/mol. The number of rotatable bonds is 3. The van der Waals surface area contributed by atoms with Gasteiger partial charge >= 0.3 is 0 Å². The summed E-state index contributed by atoms with van der Waals surface area (Å²) >= 11 is 0. The van der Waals surface area contributed by atoms with Crippen molar-refractivity contribution in [1.29, 1.82) is 0 Å². The first kappa shape index (κ1) is 15.7. The van der Waals surface area contributed by atoms with Crippen LogP contribution >= 0.6 is 0 Å². The van der Waals surface area contributed by atoms with Crippen LogP contribution < -0.4 is 9.80 Å². The number of fused-ring (bicyclic) bond motifs is 1. The van der Waals surface area contributed by atoms with Gasteiger partial charge in [-0.3, -0.25) is 4.79 Å². The fourth-order valence-electron chi connectivity index (χ4n) is 4.60. The number of anilines is 2.